The maximum Gasteiger partial charge on any atom is 0.329 e. The molecule has 0 radical (unpaired) electrons. The first-order valence-corrected chi connectivity index (χ1v) is 5.62. The van der Waals surface area contributed by atoms with Crippen LogP contribution in [0, 0.1) is 0 Å². The number of carboxylic acids is 1. The summed E-state index contributed by atoms with van der Waals surface area (Å²) in [5.41, 5.74) is 3.88. The zero-order chi connectivity index (χ0) is 14.6. The van der Waals surface area contributed by atoms with Gasteiger partial charge in [-0.2, -0.15) is 0 Å². The van der Waals surface area contributed by atoms with Gasteiger partial charge in [0.25, 0.3) is 5.91 Å². The van der Waals surface area contributed by atoms with Crippen LogP contribution in [0.1, 0.15) is 41.1 Å². The van der Waals surface area contributed by atoms with E-state index in [-0.39, 0.29) is 17.7 Å². The highest BCUT2D eigenvalue weighted by molar-refractivity contribution is 5.97. The molecule has 0 aliphatic carbocycles. The average Bonchev–Trinajstić information content (AvgIpc) is 2.38. The van der Waals surface area contributed by atoms with Crippen LogP contribution in [0.15, 0.2) is 18.3 Å². The number of aliphatic carboxylic acids is 1. The van der Waals surface area contributed by atoms with Crippen molar-refractivity contribution < 1.29 is 19.5 Å². The van der Waals surface area contributed by atoms with Gasteiger partial charge in [-0.25, -0.2) is 4.79 Å². The van der Waals surface area contributed by atoms with Crippen molar-refractivity contribution >= 4 is 17.8 Å². The monoisotopic (exact) mass is 265 g/mol. The lowest BCUT2D eigenvalue weighted by atomic mass is 9.99. The molecule has 0 saturated carbocycles. The third-order valence-electron chi connectivity index (χ3n) is 2.85. The van der Waals surface area contributed by atoms with E-state index >= 15 is 0 Å². The molecule has 1 atom stereocenters. The van der Waals surface area contributed by atoms with Crippen LogP contribution in [-0.2, 0) is 4.79 Å². The van der Waals surface area contributed by atoms with Crippen molar-refractivity contribution in [1.82, 2.24) is 10.3 Å². The quantitative estimate of drug-likeness (QED) is 0.700. The summed E-state index contributed by atoms with van der Waals surface area (Å²) in [6, 6.07) is 2.67. The number of hydrogen-bond acceptors (Lipinski definition) is 4. The molecule has 1 aromatic heterocycles. The van der Waals surface area contributed by atoms with Crippen molar-refractivity contribution in [2.24, 2.45) is 5.73 Å². The number of carboxylic acid groups (broad SMARTS) is 1. The fourth-order valence-electron chi connectivity index (χ4n) is 1.28. The number of nitrogens with two attached hydrogens (primary N) is 1. The molecule has 1 aromatic rings. The number of nitrogens with zero attached hydrogens (tertiary/aromatic N) is 1. The molecule has 7 nitrogen and oxygen atoms in total. The summed E-state index contributed by atoms with van der Waals surface area (Å²) in [4.78, 5) is 37.5. The van der Waals surface area contributed by atoms with Crippen LogP contribution < -0.4 is 11.1 Å². The molecule has 0 aliphatic rings. The van der Waals surface area contributed by atoms with Gasteiger partial charge in [0, 0.05) is 6.20 Å². The number of hydrogen-bond donors (Lipinski definition) is 3. The minimum atomic E-state index is -1.36. The van der Waals surface area contributed by atoms with Gasteiger partial charge in [-0.15, -0.1) is 0 Å². The lowest BCUT2D eigenvalue weighted by molar-refractivity contribution is -0.143. The Morgan fingerprint density at radius 1 is 1.42 bits per heavy atom. The van der Waals surface area contributed by atoms with Crippen LogP contribution in [0.5, 0.6) is 0 Å². The fraction of sp³-hybridized carbons (Fsp3) is 0.333. The average molecular weight is 265 g/mol. The second kappa shape index (κ2) is 5.47. The van der Waals surface area contributed by atoms with Crippen LogP contribution in [-0.4, -0.2) is 33.4 Å². The number of rotatable bonds is 5. The number of carbonyl (C=O) groups is 3. The Balaban J connectivity index is 2.89. The second-order valence-electron chi connectivity index (χ2n) is 4.24. The Kier molecular flexibility index (Phi) is 4.21. The zero-order valence-electron chi connectivity index (χ0n) is 10.6. The lowest BCUT2D eigenvalue weighted by Crippen LogP contribution is -2.51. The summed E-state index contributed by atoms with van der Waals surface area (Å²) in [5.74, 6) is -2.40. The van der Waals surface area contributed by atoms with Gasteiger partial charge in [0.2, 0.25) is 5.91 Å². The molecule has 0 spiro atoms. The number of carbonyl (C=O) groups excluding carboxylic acids is 2. The zero-order valence-corrected chi connectivity index (χ0v) is 10.6. The normalized spacial score (nSPS) is 13.4. The van der Waals surface area contributed by atoms with E-state index in [1.54, 1.807) is 6.92 Å². The molecular weight excluding hydrogens is 250 g/mol. The third kappa shape index (κ3) is 3.27. The predicted octanol–water partition coefficient (Wildman–Crippen LogP) is 0.164. The Morgan fingerprint density at radius 2 is 2.05 bits per heavy atom. The SMILES string of the molecule is CCC(C)(NC(=O)c1ccc(C(N)=O)cn1)C(=O)O. The van der Waals surface area contributed by atoms with Crippen molar-refractivity contribution in [3.63, 3.8) is 0 Å². The first-order valence-electron chi connectivity index (χ1n) is 5.62. The van der Waals surface area contributed by atoms with Gasteiger partial charge in [0.15, 0.2) is 0 Å². The highest BCUT2D eigenvalue weighted by atomic mass is 16.4. The summed E-state index contributed by atoms with van der Waals surface area (Å²) >= 11 is 0. The molecule has 0 fully saturated rings. The van der Waals surface area contributed by atoms with Crippen LogP contribution in [0.2, 0.25) is 0 Å². The summed E-state index contributed by atoms with van der Waals surface area (Å²) in [6.45, 7) is 3.06. The molecule has 0 aliphatic heterocycles. The van der Waals surface area contributed by atoms with E-state index in [4.69, 9.17) is 10.8 Å². The molecule has 1 rings (SSSR count). The number of pyridine rings is 1. The van der Waals surface area contributed by atoms with E-state index in [0.29, 0.717) is 0 Å². The van der Waals surface area contributed by atoms with E-state index < -0.39 is 23.3 Å². The summed E-state index contributed by atoms with van der Waals surface area (Å²) < 4.78 is 0. The van der Waals surface area contributed by atoms with Gasteiger partial charge >= 0.3 is 5.97 Å². The Labute approximate surface area is 109 Å². The third-order valence-corrected chi connectivity index (χ3v) is 2.85. The second-order valence-corrected chi connectivity index (χ2v) is 4.24. The standard InChI is InChI=1S/C12H15N3O4/c1-3-12(2,11(18)19)15-10(17)8-5-4-7(6-14-8)9(13)16/h4-6H,3H2,1-2H3,(H2,13,16)(H,15,17)(H,18,19). The van der Waals surface area contributed by atoms with Crippen molar-refractivity contribution in [1.29, 1.82) is 0 Å². The molecule has 2 amide bonds. The summed E-state index contributed by atoms with van der Waals surface area (Å²) in [7, 11) is 0. The maximum atomic E-state index is 11.9. The lowest BCUT2D eigenvalue weighted by Gasteiger charge is -2.24. The first kappa shape index (κ1) is 14.6. The molecule has 0 saturated heterocycles. The van der Waals surface area contributed by atoms with Crippen LogP contribution >= 0.6 is 0 Å². The van der Waals surface area contributed by atoms with Crippen LogP contribution in [0.25, 0.3) is 0 Å². The van der Waals surface area contributed by atoms with Crippen molar-refractivity contribution in [3.05, 3.63) is 29.6 Å². The predicted molar refractivity (Wildman–Crippen MR) is 66.6 cm³/mol. The van der Waals surface area contributed by atoms with E-state index in [2.05, 4.69) is 10.3 Å². The molecule has 7 heteroatoms. The van der Waals surface area contributed by atoms with Crippen LogP contribution in [0.4, 0.5) is 0 Å². The first-order chi connectivity index (χ1) is 8.80. The Morgan fingerprint density at radius 3 is 2.42 bits per heavy atom. The van der Waals surface area contributed by atoms with Gasteiger partial charge in [-0.3, -0.25) is 14.6 Å². The van der Waals surface area contributed by atoms with Gasteiger partial charge < -0.3 is 16.2 Å². The summed E-state index contributed by atoms with van der Waals surface area (Å²) in [6.07, 6.45) is 1.40. The number of nitrogens with one attached hydrogen (secondary N) is 1. The maximum absolute atomic E-state index is 11.9. The summed E-state index contributed by atoms with van der Waals surface area (Å²) in [5, 5.41) is 11.4. The molecule has 19 heavy (non-hydrogen) atoms. The smallest absolute Gasteiger partial charge is 0.329 e. The van der Waals surface area contributed by atoms with E-state index in [0.717, 1.165) is 0 Å². The minimum Gasteiger partial charge on any atom is -0.480 e. The minimum absolute atomic E-state index is 0.0194. The largest absolute Gasteiger partial charge is 0.480 e. The van der Waals surface area contributed by atoms with Crippen molar-refractivity contribution in [2.45, 2.75) is 25.8 Å². The number of amides is 2. The van der Waals surface area contributed by atoms with Gasteiger partial charge in [0.05, 0.1) is 5.56 Å². The molecule has 4 N–H and O–H groups in total. The number of primary amides is 1. The van der Waals surface area contributed by atoms with E-state index in [1.165, 1.54) is 25.3 Å². The molecule has 1 heterocycles. The highest BCUT2D eigenvalue weighted by Crippen LogP contribution is 2.10. The van der Waals surface area contributed by atoms with Gasteiger partial charge in [-0.05, 0) is 25.5 Å². The molecule has 0 aromatic carbocycles. The topological polar surface area (TPSA) is 122 Å². The van der Waals surface area contributed by atoms with Crippen LogP contribution in [0.3, 0.4) is 0 Å². The van der Waals surface area contributed by atoms with E-state index in [1.807, 2.05) is 0 Å². The number of aromatic nitrogens is 1. The van der Waals surface area contributed by atoms with Crippen molar-refractivity contribution in [2.75, 3.05) is 0 Å². The molecule has 0 bridgehead atoms. The fourth-order valence-corrected chi connectivity index (χ4v) is 1.28. The van der Waals surface area contributed by atoms with Gasteiger partial charge in [0.1, 0.15) is 11.2 Å². The Bertz CT molecular complexity index is 512. The Hall–Kier alpha value is -2.44. The molecular formula is C12H15N3O4. The van der Waals surface area contributed by atoms with E-state index in [9.17, 15) is 14.4 Å². The highest BCUT2D eigenvalue weighted by Gasteiger charge is 2.33. The molecule has 1 unspecified atom stereocenters. The van der Waals surface area contributed by atoms with Gasteiger partial charge in [-0.1, -0.05) is 6.92 Å². The van der Waals surface area contributed by atoms with Crippen molar-refractivity contribution in [3.8, 4) is 0 Å². The molecule has 102 valence electrons.